The highest BCUT2D eigenvalue weighted by molar-refractivity contribution is 7.92. The smallest absolute Gasteiger partial charge is 0.308 e. The number of thiazole rings is 1. The molecule has 1 N–H and O–H groups in total. The van der Waals surface area contributed by atoms with Gasteiger partial charge in [0.15, 0.2) is 0 Å². The van der Waals surface area contributed by atoms with E-state index < -0.39 is 10.0 Å². The predicted molar refractivity (Wildman–Crippen MR) is 120 cm³/mol. The summed E-state index contributed by atoms with van der Waals surface area (Å²) in [7, 11) is -3.85. The van der Waals surface area contributed by atoms with E-state index >= 15 is 0 Å². The normalized spacial score (nSPS) is 14.6. The van der Waals surface area contributed by atoms with Gasteiger partial charge >= 0.3 is 4.87 Å². The zero-order chi connectivity index (χ0) is 21.5. The predicted octanol–water partition coefficient (Wildman–Crippen LogP) is 3.71. The van der Waals surface area contributed by atoms with E-state index in [1.54, 1.807) is 33.7 Å². The maximum absolute atomic E-state index is 13.0. The fraction of sp³-hybridized carbons (Fsp3) is 0.333. The standard InChI is InChI=1S/C21H23N3O4S2/c1-3-10-24-17-9-8-16(13-19(17)29-21(24)26)30(27,28)22-15-7-6-14(2)18(12-15)23-11-4-5-20(23)25/h6-9,12-13,22H,3-5,10-11H2,1-2H3. The van der Waals surface area contributed by atoms with E-state index in [1.807, 2.05) is 13.8 Å². The third-order valence-corrected chi connectivity index (χ3v) is 7.54. The van der Waals surface area contributed by atoms with E-state index in [9.17, 15) is 18.0 Å². The number of benzene rings is 2. The van der Waals surface area contributed by atoms with Gasteiger partial charge in [-0.25, -0.2) is 8.42 Å². The van der Waals surface area contributed by atoms with Gasteiger partial charge in [-0.3, -0.25) is 18.9 Å². The molecule has 0 bridgehead atoms. The Balaban J connectivity index is 1.66. The molecule has 3 aromatic rings. The number of nitrogens with one attached hydrogen (secondary N) is 1. The van der Waals surface area contributed by atoms with Crippen LogP contribution in [0.25, 0.3) is 10.2 Å². The Labute approximate surface area is 179 Å². The number of anilines is 2. The van der Waals surface area contributed by atoms with Crippen LogP contribution in [-0.2, 0) is 21.4 Å². The molecule has 1 aliphatic rings. The molecule has 0 spiro atoms. The lowest BCUT2D eigenvalue weighted by Crippen LogP contribution is -2.24. The van der Waals surface area contributed by atoms with Crippen molar-refractivity contribution < 1.29 is 13.2 Å². The van der Waals surface area contributed by atoms with Crippen molar-refractivity contribution >= 4 is 48.9 Å². The number of nitrogens with zero attached hydrogens (tertiary/aromatic N) is 2. The van der Waals surface area contributed by atoms with Crippen molar-refractivity contribution in [3.8, 4) is 0 Å². The molecule has 158 valence electrons. The Morgan fingerprint density at radius 3 is 2.63 bits per heavy atom. The van der Waals surface area contributed by atoms with Crippen molar-refractivity contribution in [3.63, 3.8) is 0 Å². The summed E-state index contributed by atoms with van der Waals surface area (Å²) >= 11 is 1.05. The van der Waals surface area contributed by atoms with E-state index in [4.69, 9.17) is 0 Å². The molecule has 2 aromatic carbocycles. The molecular weight excluding hydrogens is 422 g/mol. The number of aryl methyl sites for hydroxylation is 2. The summed E-state index contributed by atoms with van der Waals surface area (Å²) in [5.74, 6) is 0.0510. The third-order valence-electron chi connectivity index (χ3n) is 5.22. The minimum atomic E-state index is -3.85. The van der Waals surface area contributed by atoms with Crippen LogP contribution in [0.2, 0.25) is 0 Å². The molecule has 0 atom stereocenters. The number of sulfonamides is 1. The van der Waals surface area contributed by atoms with Crippen LogP contribution in [0.3, 0.4) is 0 Å². The molecule has 0 aliphatic carbocycles. The molecule has 0 radical (unpaired) electrons. The SMILES string of the molecule is CCCn1c(=O)sc2cc(S(=O)(=O)Nc3ccc(C)c(N4CCCC4=O)c3)ccc21. The summed E-state index contributed by atoms with van der Waals surface area (Å²) in [6, 6.07) is 9.92. The average molecular weight is 446 g/mol. The number of carbonyl (C=O) groups is 1. The summed E-state index contributed by atoms with van der Waals surface area (Å²) < 4.78 is 30.9. The lowest BCUT2D eigenvalue weighted by atomic mass is 10.1. The van der Waals surface area contributed by atoms with Crippen LogP contribution in [0.15, 0.2) is 46.1 Å². The molecule has 0 unspecified atom stereocenters. The lowest BCUT2D eigenvalue weighted by Gasteiger charge is -2.19. The van der Waals surface area contributed by atoms with E-state index in [0.29, 0.717) is 29.9 Å². The van der Waals surface area contributed by atoms with Crippen LogP contribution in [0.5, 0.6) is 0 Å². The topological polar surface area (TPSA) is 88.5 Å². The van der Waals surface area contributed by atoms with Gasteiger partial charge in [0.2, 0.25) is 5.91 Å². The van der Waals surface area contributed by atoms with Gasteiger partial charge in [-0.05, 0) is 55.7 Å². The van der Waals surface area contributed by atoms with E-state index in [-0.39, 0.29) is 15.7 Å². The summed E-state index contributed by atoms with van der Waals surface area (Å²) in [6.45, 7) is 5.13. The van der Waals surface area contributed by atoms with Crippen LogP contribution in [-0.4, -0.2) is 25.4 Å². The summed E-state index contributed by atoms with van der Waals surface area (Å²) in [5.41, 5.74) is 2.78. The van der Waals surface area contributed by atoms with Crippen molar-refractivity contribution in [2.45, 2.75) is 44.6 Å². The molecule has 7 nitrogen and oxygen atoms in total. The van der Waals surface area contributed by atoms with Crippen molar-refractivity contribution in [2.75, 3.05) is 16.2 Å². The first-order valence-electron chi connectivity index (χ1n) is 9.87. The number of carbonyl (C=O) groups excluding carboxylic acids is 1. The maximum Gasteiger partial charge on any atom is 0.308 e. The molecule has 1 aliphatic heterocycles. The molecule has 9 heteroatoms. The largest absolute Gasteiger partial charge is 0.312 e. The number of hydrogen-bond acceptors (Lipinski definition) is 5. The molecule has 1 saturated heterocycles. The Morgan fingerprint density at radius 1 is 1.13 bits per heavy atom. The van der Waals surface area contributed by atoms with Crippen LogP contribution in [0, 0.1) is 6.92 Å². The van der Waals surface area contributed by atoms with Crippen molar-refractivity contribution in [2.24, 2.45) is 0 Å². The summed E-state index contributed by atoms with van der Waals surface area (Å²) in [6.07, 6.45) is 2.13. The van der Waals surface area contributed by atoms with Gasteiger partial charge in [-0.2, -0.15) is 0 Å². The molecule has 30 heavy (non-hydrogen) atoms. The number of fused-ring (bicyclic) bond motifs is 1. The first-order valence-corrected chi connectivity index (χ1v) is 12.2. The van der Waals surface area contributed by atoms with Crippen molar-refractivity contribution in [3.05, 3.63) is 51.6 Å². The molecule has 1 amide bonds. The quantitative estimate of drug-likeness (QED) is 0.626. The molecule has 2 heterocycles. The Bertz CT molecular complexity index is 1290. The van der Waals surface area contributed by atoms with E-state index in [2.05, 4.69) is 4.72 Å². The molecule has 4 rings (SSSR count). The molecule has 1 aromatic heterocycles. The fourth-order valence-corrected chi connectivity index (χ4v) is 5.84. The van der Waals surface area contributed by atoms with Gasteiger partial charge in [0.1, 0.15) is 0 Å². The minimum absolute atomic E-state index is 0.0510. The van der Waals surface area contributed by atoms with Gasteiger partial charge in [-0.15, -0.1) is 0 Å². The van der Waals surface area contributed by atoms with Crippen molar-refractivity contribution in [1.29, 1.82) is 0 Å². The highest BCUT2D eigenvalue weighted by Crippen LogP contribution is 2.30. The number of hydrogen-bond donors (Lipinski definition) is 1. The van der Waals surface area contributed by atoms with Gasteiger partial charge in [-0.1, -0.05) is 24.3 Å². The van der Waals surface area contributed by atoms with Crippen LogP contribution in [0.4, 0.5) is 11.4 Å². The molecule has 1 fully saturated rings. The second-order valence-corrected chi connectivity index (χ2v) is 10.1. The maximum atomic E-state index is 13.0. The Hall–Kier alpha value is -2.65. The minimum Gasteiger partial charge on any atom is -0.312 e. The zero-order valence-corrected chi connectivity index (χ0v) is 18.5. The van der Waals surface area contributed by atoms with Crippen molar-refractivity contribution in [1.82, 2.24) is 4.57 Å². The second kappa shape index (κ2) is 7.88. The highest BCUT2D eigenvalue weighted by atomic mass is 32.2. The second-order valence-electron chi connectivity index (χ2n) is 7.40. The monoisotopic (exact) mass is 445 g/mol. The summed E-state index contributed by atoms with van der Waals surface area (Å²) in [4.78, 5) is 26.0. The highest BCUT2D eigenvalue weighted by Gasteiger charge is 2.24. The van der Waals surface area contributed by atoms with Crippen LogP contribution in [0.1, 0.15) is 31.7 Å². The van der Waals surface area contributed by atoms with E-state index in [1.165, 1.54) is 12.1 Å². The van der Waals surface area contributed by atoms with Gasteiger partial charge in [0.05, 0.1) is 20.8 Å². The fourth-order valence-electron chi connectivity index (χ4n) is 3.73. The number of rotatable bonds is 6. The first kappa shape index (κ1) is 20.6. The first-order chi connectivity index (χ1) is 14.3. The third kappa shape index (κ3) is 3.75. The lowest BCUT2D eigenvalue weighted by molar-refractivity contribution is -0.117. The zero-order valence-electron chi connectivity index (χ0n) is 16.8. The van der Waals surface area contributed by atoms with E-state index in [0.717, 1.165) is 40.9 Å². The van der Waals surface area contributed by atoms with Crippen LogP contribution < -0.4 is 14.5 Å². The average Bonchev–Trinajstić information content (AvgIpc) is 3.26. The van der Waals surface area contributed by atoms with Gasteiger partial charge in [0.25, 0.3) is 10.0 Å². The Morgan fingerprint density at radius 2 is 1.93 bits per heavy atom. The summed E-state index contributed by atoms with van der Waals surface area (Å²) in [5, 5.41) is 0. The molecular formula is C21H23N3O4S2. The number of aromatic nitrogens is 1. The molecule has 0 saturated carbocycles. The number of amides is 1. The van der Waals surface area contributed by atoms with Gasteiger partial charge < -0.3 is 4.90 Å². The Kier molecular flexibility index (Phi) is 5.42. The van der Waals surface area contributed by atoms with Crippen LogP contribution >= 0.6 is 11.3 Å². The van der Waals surface area contributed by atoms with Gasteiger partial charge in [0, 0.05) is 25.2 Å².